The minimum absolute atomic E-state index is 0.0798. The summed E-state index contributed by atoms with van der Waals surface area (Å²) in [7, 11) is 0. The van der Waals surface area contributed by atoms with Crippen LogP contribution in [0.3, 0.4) is 0 Å². The Balaban J connectivity index is 4.33. The van der Waals surface area contributed by atoms with Crippen molar-refractivity contribution in [2.24, 2.45) is 0 Å². The van der Waals surface area contributed by atoms with E-state index >= 15 is 0 Å². The van der Waals surface area contributed by atoms with Gasteiger partial charge in [0.2, 0.25) is 0 Å². The number of unbranched alkanes of at least 4 members (excludes halogenated alkanes) is 35. The number of hydrogen-bond donors (Lipinski definition) is 0. The number of rotatable bonds is 56. The highest BCUT2D eigenvalue weighted by Gasteiger charge is 2.19. The molecule has 0 spiro atoms. The third kappa shape index (κ3) is 57.9. The lowest BCUT2D eigenvalue weighted by Crippen LogP contribution is -2.30. The first-order valence-corrected chi connectivity index (χ1v) is 30.8. The summed E-state index contributed by atoms with van der Waals surface area (Å²) in [6.45, 7) is 6.54. The van der Waals surface area contributed by atoms with E-state index in [-0.39, 0.29) is 31.1 Å². The first-order valence-electron chi connectivity index (χ1n) is 30.8. The zero-order valence-corrected chi connectivity index (χ0v) is 47.2. The first kappa shape index (κ1) is 68.1. The van der Waals surface area contributed by atoms with Crippen molar-refractivity contribution in [3.8, 4) is 0 Å². The maximum absolute atomic E-state index is 12.9. The van der Waals surface area contributed by atoms with Crippen molar-refractivity contribution in [2.75, 3.05) is 13.2 Å². The molecule has 0 heterocycles. The lowest BCUT2D eigenvalue weighted by molar-refractivity contribution is -0.167. The van der Waals surface area contributed by atoms with E-state index in [1.807, 2.05) is 0 Å². The molecule has 0 aromatic heterocycles. The predicted octanol–water partition coefficient (Wildman–Crippen LogP) is 20.8. The quantitative estimate of drug-likeness (QED) is 0.0261. The fourth-order valence-electron chi connectivity index (χ4n) is 8.90. The van der Waals surface area contributed by atoms with E-state index in [1.165, 1.54) is 173 Å². The van der Waals surface area contributed by atoms with Crippen molar-refractivity contribution < 1.29 is 28.6 Å². The van der Waals surface area contributed by atoms with Crippen LogP contribution in [-0.4, -0.2) is 37.2 Å². The van der Waals surface area contributed by atoms with Crippen LogP contribution < -0.4 is 0 Å². The van der Waals surface area contributed by atoms with E-state index < -0.39 is 6.10 Å². The van der Waals surface area contributed by atoms with Crippen molar-refractivity contribution in [3.63, 3.8) is 0 Å². The topological polar surface area (TPSA) is 78.9 Å². The van der Waals surface area contributed by atoms with Crippen LogP contribution in [0.15, 0.2) is 60.8 Å². The fraction of sp³-hybridized carbons (Fsp3) is 0.800. The third-order valence-electron chi connectivity index (χ3n) is 13.5. The zero-order valence-electron chi connectivity index (χ0n) is 47.2. The molecule has 0 saturated heterocycles. The van der Waals surface area contributed by atoms with Gasteiger partial charge in [-0.1, -0.05) is 274 Å². The molecule has 6 nitrogen and oxygen atoms in total. The lowest BCUT2D eigenvalue weighted by atomic mass is 10.0. The monoisotopic (exact) mass is 993 g/mol. The maximum atomic E-state index is 12.9. The van der Waals surface area contributed by atoms with Crippen LogP contribution in [0, 0.1) is 0 Å². The van der Waals surface area contributed by atoms with Crippen LogP contribution in [0.25, 0.3) is 0 Å². The third-order valence-corrected chi connectivity index (χ3v) is 13.5. The Labute approximate surface area is 440 Å². The highest BCUT2D eigenvalue weighted by Crippen LogP contribution is 2.17. The van der Waals surface area contributed by atoms with Gasteiger partial charge in [-0.3, -0.25) is 14.4 Å². The van der Waals surface area contributed by atoms with Crippen LogP contribution in [0.5, 0.6) is 0 Å². The minimum atomic E-state index is -0.784. The second-order valence-electron chi connectivity index (χ2n) is 20.6. The average molecular weight is 994 g/mol. The summed E-state index contributed by atoms with van der Waals surface area (Å²) >= 11 is 0. The molecule has 0 N–H and O–H groups in total. The molecule has 0 aliphatic rings. The summed E-state index contributed by atoms with van der Waals surface area (Å²) in [5.74, 6) is -0.887. The Kier molecular flexibility index (Phi) is 57.2. The van der Waals surface area contributed by atoms with Crippen LogP contribution in [0.1, 0.15) is 316 Å². The van der Waals surface area contributed by atoms with Gasteiger partial charge in [-0.2, -0.15) is 0 Å². The van der Waals surface area contributed by atoms with Gasteiger partial charge >= 0.3 is 17.9 Å². The summed E-state index contributed by atoms with van der Waals surface area (Å²) in [6, 6.07) is 0. The first-order chi connectivity index (χ1) is 35.0. The van der Waals surface area contributed by atoms with E-state index in [1.54, 1.807) is 0 Å². The molecule has 1 unspecified atom stereocenters. The highest BCUT2D eigenvalue weighted by molar-refractivity contribution is 5.71. The molecular weight excluding hydrogens is 877 g/mol. The number of hydrogen-bond acceptors (Lipinski definition) is 6. The van der Waals surface area contributed by atoms with Crippen LogP contribution in [0.2, 0.25) is 0 Å². The largest absolute Gasteiger partial charge is 0.462 e. The molecular formula is C65H116O6. The normalized spacial score (nSPS) is 12.4. The summed E-state index contributed by atoms with van der Waals surface area (Å²) in [5, 5.41) is 0. The van der Waals surface area contributed by atoms with Gasteiger partial charge in [-0.25, -0.2) is 0 Å². The lowest BCUT2D eigenvalue weighted by Gasteiger charge is -2.18. The molecule has 0 amide bonds. The van der Waals surface area contributed by atoms with Crippen molar-refractivity contribution in [2.45, 2.75) is 322 Å². The van der Waals surface area contributed by atoms with Gasteiger partial charge in [-0.05, 0) is 83.5 Å². The smallest absolute Gasteiger partial charge is 0.306 e. The molecule has 412 valence electrons. The zero-order chi connectivity index (χ0) is 51.4. The van der Waals surface area contributed by atoms with Gasteiger partial charge < -0.3 is 14.2 Å². The molecule has 0 radical (unpaired) electrons. The Morgan fingerprint density at radius 2 is 0.549 bits per heavy atom. The number of esters is 3. The SMILES string of the molecule is CC/C=C\C/C=C\C/C=C\C/C=C\CCCCCCCCC(=O)OC(COC(=O)CCCCCCC/C=C\CCCCCC)COC(=O)CCCCCCCCCCCCCCCCCCCCCCC. The Morgan fingerprint density at radius 3 is 0.887 bits per heavy atom. The van der Waals surface area contributed by atoms with Crippen LogP contribution in [0.4, 0.5) is 0 Å². The van der Waals surface area contributed by atoms with Crippen LogP contribution >= 0.6 is 0 Å². The van der Waals surface area contributed by atoms with E-state index in [4.69, 9.17) is 14.2 Å². The van der Waals surface area contributed by atoms with Crippen molar-refractivity contribution >= 4 is 17.9 Å². The minimum Gasteiger partial charge on any atom is -0.462 e. The van der Waals surface area contributed by atoms with Gasteiger partial charge in [-0.15, -0.1) is 0 Å². The van der Waals surface area contributed by atoms with E-state index in [9.17, 15) is 14.4 Å². The predicted molar refractivity (Wildman–Crippen MR) is 307 cm³/mol. The van der Waals surface area contributed by atoms with Gasteiger partial charge in [0.25, 0.3) is 0 Å². The molecule has 6 heteroatoms. The van der Waals surface area contributed by atoms with Crippen molar-refractivity contribution in [1.29, 1.82) is 0 Å². The standard InChI is InChI=1S/C65H116O6/c1-4-7-10-13-16-19-22-25-27-29-31-32-34-35-37-40-43-46-49-52-55-58-64(67)70-61-62(60-69-63(66)57-54-51-48-45-42-39-24-21-18-15-12-9-6-3)71-65(68)59-56-53-50-47-44-41-38-36-33-30-28-26-23-20-17-14-11-8-5-2/h8,11,17,20-21,24,26,28,33,36,62H,4-7,9-10,12-16,18-19,22-23,25,27,29-32,34-35,37-61H2,1-3H3/b11-8-,20-17-,24-21-,28-26-,36-33-. The molecule has 0 aliphatic heterocycles. The van der Waals surface area contributed by atoms with E-state index in [0.717, 1.165) is 103 Å². The number of carbonyl (C=O) groups excluding carboxylic acids is 3. The molecule has 0 aliphatic carbocycles. The summed E-state index contributed by atoms with van der Waals surface area (Å²) in [5.41, 5.74) is 0. The van der Waals surface area contributed by atoms with Crippen molar-refractivity contribution in [3.05, 3.63) is 60.8 Å². The van der Waals surface area contributed by atoms with Crippen LogP contribution in [-0.2, 0) is 28.6 Å². The second kappa shape index (κ2) is 59.7. The molecule has 0 fully saturated rings. The number of ether oxygens (including phenoxy) is 3. The summed E-state index contributed by atoms with van der Waals surface area (Å²) in [6.07, 6.45) is 75.1. The Bertz CT molecular complexity index is 1280. The second-order valence-corrected chi connectivity index (χ2v) is 20.6. The fourth-order valence-corrected chi connectivity index (χ4v) is 8.90. The van der Waals surface area contributed by atoms with Gasteiger partial charge in [0.05, 0.1) is 0 Å². The molecule has 1 atom stereocenters. The van der Waals surface area contributed by atoms with Gasteiger partial charge in [0.15, 0.2) is 6.10 Å². The Morgan fingerprint density at radius 1 is 0.296 bits per heavy atom. The van der Waals surface area contributed by atoms with Gasteiger partial charge in [0, 0.05) is 19.3 Å². The molecule has 0 aromatic carbocycles. The average Bonchev–Trinajstić information content (AvgIpc) is 3.37. The highest BCUT2D eigenvalue weighted by atomic mass is 16.6. The summed E-state index contributed by atoms with van der Waals surface area (Å²) in [4.78, 5) is 38.2. The van der Waals surface area contributed by atoms with Crippen molar-refractivity contribution in [1.82, 2.24) is 0 Å². The van der Waals surface area contributed by atoms with E-state index in [2.05, 4.69) is 81.5 Å². The molecule has 0 bridgehead atoms. The van der Waals surface area contributed by atoms with E-state index in [0.29, 0.717) is 19.3 Å². The summed E-state index contributed by atoms with van der Waals surface area (Å²) < 4.78 is 16.9. The molecule has 71 heavy (non-hydrogen) atoms. The Hall–Kier alpha value is -2.89. The number of allylic oxidation sites excluding steroid dienone is 10. The maximum Gasteiger partial charge on any atom is 0.306 e. The van der Waals surface area contributed by atoms with Gasteiger partial charge in [0.1, 0.15) is 13.2 Å². The molecule has 0 saturated carbocycles. The number of carbonyl (C=O) groups is 3. The molecule has 0 aromatic rings. The molecule has 0 rings (SSSR count).